The summed E-state index contributed by atoms with van der Waals surface area (Å²) in [6.07, 6.45) is 5.39. The number of unbranched alkanes of at least 4 members (excludes halogenated alkanes) is 2. The van der Waals surface area contributed by atoms with Crippen LogP contribution >= 0.6 is 11.9 Å². The molecule has 0 atom stereocenters. The Balaban J connectivity index is 0.000000837. The van der Waals surface area contributed by atoms with E-state index in [1.807, 2.05) is 6.92 Å². The van der Waals surface area contributed by atoms with E-state index in [9.17, 15) is 13.2 Å². The van der Waals surface area contributed by atoms with Crippen molar-refractivity contribution in [3.8, 4) is 16.9 Å². The van der Waals surface area contributed by atoms with Gasteiger partial charge in [-0.3, -0.25) is 5.14 Å². The van der Waals surface area contributed by atoms with Gasteiger partial charge >= 0.3 is 0 Å². The molecule has 0 unspecified atom stereocenters. The summed E-state index contributed by atoms with van der Waals surface area (Å²) in [4.78, 5) is 4.33. The Hall–Kier alpha value is -2.45. The molecule has 0 saturated carbocycles. The third-order valence-electron chi connectivity index (χ3n) is 4.63. The molecule has 2 aromatic carbocycles. The van der Waals surface area contributed by atoms with Crippen LogP contribution in [-0.4, -0.2) is 10.7 Å². The lowest BCUT2D eigenvalue weighted by Gasteiger charge is -2.13. The summed E-state index contributed by atoms with van der Waals surface area (Å²) < 4.78 is 53.3. The van der Waals surface area contributed by atoms with Crippen LogP contribution in [0.15, 0.2) is 41.0 Å². The average molecular weight is 467 g/mol. The van der Waals surface area contributed by atoms with E-state index in [-0.39, 0.29) is 29.0 Å². The summed E-state index contributed by atoms with van der Waals surface area (Å²) in [5.41, 5.74) is 1.08. The molecule has 32 heavy (non-hydrogen) atoms. The number of oxazole rings is 1. The van der Waals surface area contributed by atoms with Crippen LogP contribution in [0.3, 0.4) is 0 Å². The highest BCUT2D eigenvalue weighted by atomic mass is 32.2. The molecule has 3 rings (SSSR count). The number of benzene rings is 2. The largest absolute Gasteiger partial charge is 0.483 e. The van der Waals surface area contributed by atoms with Gasteiger partial charge in [0.2, 0.25) is 0 Å². The molecule has 8 heteroatoms. The highest BCUT2D eigenvalue weighted by Gasteiger charge is 2.17. The van der Waals surface area contributed by atoms with E-state index in [4.69, 9.17) is 14.3 Å². The van der Waals surface area contributed by atoms with Crippen LogP contribution in [0, 0.1) is 24.4 Å². The number of hydrogen-bond donors (Lipinski definition) is 1. The second-order valence-electron chi connectivity index (χ2n) is 7.13. The van der Waals surface area contributed by atoms with E-state index in [0.717, 1.165) is 37.5 Å². The van der Waals surface area contributed by atoms with Gasteiger partial charge in [0.15, 0.2) is 17.5 Å². The molecule has 0 spiro atoms. The van der Waals surface area contributed by atoms with Gasteiger partial charge in [0.05, 0.1) is 0 Å². The first kappa shape index (κ1) is 25.8. The van der Waals surface area contributed by atoms with Crippen molar-refractivity contribution in [1.82, 2.24) is 4.98 Å². The molecule has 4 nitrogen and oxygen atoms in total. The number of aryl methyl sites for hydroxylation is 2. The average Bonchev–Trinajstić information content (AvgIpc) is 3.23. The summed E-state index contributed by atoms with van der Waals surface area (Å²) in [7, 11) is 0. The topological polar surface area (TPSA) is 61.3 Å². The zero-order valence-corrected chi connectivity index (χ0v) is 19.4. The molecule has 174 valence electrons. The number of hydrogen-bond acceptors (Lipinski definition) is 5. The molecule has 3 aromatic rings. The van der Waals surface area contributed by atoms with Gasteiger partial charge < -0.3 is 9.15 Å². The Kier molecular flexibility index (Phi) is 10.6. The lowest BCUT2D eigenvalue weighted by Crippen LogP contribution is -2.01. The van der Waals surface area contributed by atoms with Crippen molar-refractivity contribution in [1.29, 1.82) is 0 Å². The fourth-order valence-electron chi connectivity index (χ4n) is 2.93. The second kappa shape index (κ2) is 13.2. The molecule has 2 N–H and O–H groups in total. The summed E-state index contributed by atoms with van der Waals surface area (Å²) in [6.45, 7) is 5.64. The van der Waals surface area contributed by atoms with E-state index in [0.29, 0.717) is 11.6 Å². The number of halogens is 3. The molecular weight excluding hydrogens is 437 g/mol. The normalized spacial score (nSPS) is 10.6. The number of nitrogens with two attached hydrogens (primary N) is 1. The molecule has 0 aliphatic heterocycles. The number of ether oxygens (including phenoxy) is 1. The van der Waals surface area contributed by atoms with E-state index >= 15 is 0 Å². The van der Waals surface area contributed by atoms with E-state index in [2.05, 4.69) is 11.9 Å². The van der Waals surface area contributed by atoms with Crippen LogP contribution in [0.5, 0.6) is 5.75 Å². The van der Waals surface area contributed by atoms with Crippen LogP contribution in [0.25, 0.3) is 11.1 Å². The van der Waals surface area contributed by atoms with Crippen LogP contribution in [0.4, 0.5) is 13.2 Å². The zero-order valence-electron chi connectivity index (χ0n) is 18.6. The molecule has 0 saturated heterocycles. The number of aromatic nitrogens is 1. The van der Waals surface area contributed by atoms with Crippen LogP contribution < -0.4 is 9.88 Å². The van der Waals surface area contributed by atoms with Gasteiger partial charge in [0.1, 0.15) is 30.2 Å². The van der Waals surface area contributed by atoms with Crippen molar-refractivity contribution >= 4 is 11.9 Å². The van der Waals surface area contributed by atoms with Gasteiger partial charge in [-0.15, -0.1) is 0 Å². The molecule has 0 aliphatic carbocycles. The maximum absolute atomic E-state index is 14.4. The number of rotatable bonds is 9. The Labute approximate surface area is 191 Å². The lowest BCUT2D eigenvalue weighted by molar-refractivity contribution is 0.287. The summed E-state index contributed by atoms with van der Waals surface area (Å²) in [5, 5.41) is 4.94. The molecule has 1 heterocycles. The highest BCUT2D eigenvalue weighted by molar-refractivity contribution is 7.97. The minimum atomic E-state index is -0.779. The standard InChI is InChI=1S/C22H22F3NO2.C2H7NS/c1-3-4-5-9-21-26-15(12-27-21)13-28-22-16(7-6-8-18(22)23)17-10-14(2)19(24)11-20(17)25;1-2-4-3/h6-8,10-12H,3-5,9,13H2,1-2H3;2-3H2,1H3. The van der Waals surface area contributed by atoms with Crippen molar-refractivity contribution in [2.24, 2.45) is 5.14 Å². The number of nitrogens with zero attached hydrogens (tertiary/aromatic N) is 1. The minimum absolute atomic E-state index is 0.0208. The fraction of sp³-hybridized carbons (Fsp3) is 0.375. The minimum Gasteiger partial charge on any atom is -0.483 e. The first-order valence-electron chi connectivity index (χ1n) is 10.5. The fourth-order valence-corrected chi connectivity index (χ4v) is 2.93. The van der Waals surface area contributed by atoms with Crippen molar-refractivity contribution in [2.45, 2.75) is 53.1 Å². The SMILES string of the molecule is CCCCCc1nc(COc2c(F)cccc2-c2cc(C)c(F)cc2F)co1.CCSN. The number of para-hydroxylation sites is 1. The van der Waals surface area contributed by atoms with Gasteiger partial charge in [-0.2, -0.15) is 0 Å². The Bertz CT molecular complexity index is 993. The smallest absolute Gasteiger partial charge is 0.194 e. The first-order chi connectivity index (χ1) is 15.4. The van der Waals surface area contributed by atoms with E-state index in [1.54, 1.807) is 0 Å². The molecule has 0 bridgehead atoms. The monoisotopic (exact) mass is 466 g/mol. The molecule has 0 aliphatic rings. The van der Waals surface area contributed by atoms with Gasteiger partial charge in [-0.1, -0.05) is 50.8 Å². The summed E-state index contributed by atoms with van der Waals surface area (Å²) in [6, 6.07) is 6.35. The van der Waals surface area contributed by atoms with Crippen LogP contribution in [0.2, 0.25) is 0 Å². The Morgan fingerprint density at radius 3 is 2.47 bits per heavy atom. The van der Waals surface area contributed by atoms with Crippen molar-refractivity contribution < 1.29 is 22.3 Å². The van der Waals surface area contributed by atoms with Gasteiger partial charge in [0.25, 0.3) is 0 Å². The lowest BCUT2D eigenvalue weighted by atomic mass is 10.0. The Morgan fingerprint density at radius 2 is 1.78 bits per heavy atom. The van der Waals surface area contributed by atoms with Gasteiger partial charge in [-0.25, -0.2) is 18.2 Å². The van der Waals surface area contributed by atoms with Crippen LogP contribution in [0.1, 0.15) is 50.3 Å². The van der Waals surface area contributed by atoms with Crippen LogP contribution in [-0.2, 0) is 13.0 Å². The molecular formula is C24H29F3N2O2S. The van der Waals surface area contributed by atoms with Gasteiger partial charge in [0, 0.05) is 29.4 Å². The quantitative estimate of drug-likeness (QED) is 0.272. The molecule has 0 fully saturated rings. The van der Waals surface area contributed by atoms with Crippen molar-refractivity contribution in [3.05, 3.63) is 71.2 Å². The maximum atomic E-state index is 14.4. The molecule has 0 amide bonds. The summed E-state index contributed by atoms with van der Waals surface area (Å²) >= 11 is 1.36. The van der Waals surface area contributed by atoms with Crippen molar-refractivity contribution in [2.75, 3.05) is 5.75 Å². The maximum Gasteiger partial charge on any atom is 0.194 e. The predicted molar refractivity (Wildman–Crippen MR) is 123 cm³/mol. The molecule has 0 radical (unpaired) electrons. The zero-order chi connectivity index (χ0) is 23.5. The van der Waals surface area contributed by atoms with E-state index in [1.165, 1.54) is 49.4 Å². The summed E-state index contributed by atoms with van der Waals surface area (Å²) in [5.74, 6) is -0.550. The third kappa shape index (κ3) is 7.31. The van der Waals surface area contributed by atoms with Crippen molar-refractivity contribution in [3.63, 3.8) is 0 Å². The first-order valence-corrected chi connectivity index (χ1v) is 11.6. The third-order valence-corrected chi connectivity index (χ3v) is 4.96. The Morgan fingerprint density at radius 1 is 1.03 bits per heavy atom. The highest BCUT2D eigenvalue weighted by Crippen LogP contribution is 2.35. The predicted octanol–water partition coefficient (Wildman–Crippen LogP) is 6.99. The van der Waals surface area contributed by atoms with E-state index < -0.39 is 17.5 Å². The molecule has 1 aromatic heterocycles. The van der Waals surface area contributed by atoms with Gasteiger partial charge in [-0.05, 0) is 31.0 Å². The second-order valence-corrected chi connectivity index (χ2v) is 8.04.